The van der Waals surface area contributed by atoms with Crippen molar-refractivity contribution in [2.75, 3.05) is 32.1 Å². The van der Waals surface area contributed by atoms with Gasteiger partial charge in [0.2, 0.25) is 11.8 Å². The second-order valence-electron chi connectivity index (χ2n) is 6.87. The maximum absolute atomic E-state index is 12.7. The fraction of sp³-hybridized carbons (Fsp3) is 0.421. The SMILES string of the molecule is CC(=O)NC(CO)C(=O)N1CCc2c(nc(-c3ccncc3)nc2N(C)C)C1. The minimum absolute atomic E-state index is 0.297. The lowest BCUT2D eigenvalue weighted by Crippen LogP contribution is -2.51. The normalized spacial score (nSPS) is 14.2. The molecule has 1 unspecified atom stereocenters. The highest BCUT2D eigenvalue weighted by atomic mass is 16.3. The molecule has 9 nitrogen and oxygen atoms in total. The quantitative estimate of drug-likeness (QED) is 0.745. The van der Waals surface area contributed by atoms with Crippen molar-refractivity contribution in [3.8, 4) is 11.4 Å². The topological polar surface area (TPSA) is 112 Å². The number of aromatic nitrogens is 3. The van der Waals surface area contributed by atoms with Gasteiger partial charge in [-0.1, -0.05) is 0 Å². The van der Waals surface area contributed by atoms with Gasteiger partial charge in [-0.15, -0.1) is 0 Å². The van der Waals surface area contributed by atoms with Crippen LogP contribution >= 0.6 is 0 Å². The van der Waals surface area contributed by atoms with Gasteiger partial charge in [0.25, 0.3) is 0 Å². The third-order valence-corrected chi connectivity index (χ3v) is 4.58. The summed E-state index contributed by atoms with van der Waals surface area (Å²) < 4.78 is 0. The first-order valence-electron chi connectivity index (χ1n) is 9.05. The average Bonchev–Trinajstić information content (AvgIpc) is 2.70. The Morgan fingerprint density at radius 1 is 1.29 bits per heavy atom. The van der Waals surface area contributed by atoms with Gasteiger partial charge in [0.05, 0.1) is 18.8 Å². The number of carbonyl (C=O) groups excluding carboxylic acids is 2. The molecule has 0 aliphatic carbocycles. The van der Waals surface area contributed by atoms with E-state index in [2.05, 4.69) is 10.3 Å². The van der Waals surface area contributed by atoms with E-state index in [1.165, 1.54) is 6.92 Å². The fourth-order valence-corrected chi connectivity index (χ4v) is 3.25. The summed E-state index contributed by atoms with van der Waals surface area (Å²) in [5.74, 6) is 0.713. The Labute approximate surface area is 163 Å². The lowest BCUT2D eigenvalue weighted by molar-refractivity contribution is -0.138. The van der Waals surface area contributed by atoms with Gasteiger partial charge in [-0.05, 0) is 18.6 Å². The molecule has 3 heterocycles. The average molecular weight is 384 g/mol. The molecule has 2 aromatic rings. The van der Waals surface area contributed by atoms with E-state index in [0.29, 0.717) is 25.3 Å². The molecule has 0 fully saturated rings. The lowest BCUT2D eigenvalue weighted by Gasteiger charge is -2.32. The second-order valence-corrected chi connectivity index (χ2v) is 6.87. The number of pyridine rings is 1. The molecular formula is C19H24N6O3. The minimum Gasteiger partial charge on any atom is -0.394 e. The summed E-state index contributed by atoms with van der Waals surface area (Å²) in [4.78, 5) is 41.0. The number of fused-ring (bicyclic) bond motifs is 1. The summed E-state index contributed by atoms with van der Waals surface area (Å²) in [5, 5.41) is 12.0. The van der Waals surface area contributed by atoms with Gasteiger partial charge in [-0.2, -0.15) is 0 Å². The molecule has 0 spiro atoms. The maximum atomic E-state index is 12.7. The van der Waals surface area contributed by atoms with Crippen molar-refractivity contribution in [1.29, 1.82) is 0 Å². The van der Waals surface area contributed by atoms with Crippen LogP contribution in [0.25, 0.3) is 11.4 Å². The molecule has 1 aliphatic rings. The van der Waals surface area contributed by atoms with Gasteiger partial charge < -0.3 is 20.2 Å². The molecule has 0 radical (unpaired) electrons. The highest BCUT2D eigenvalue weighted by Gasteiger charge is 2.30. The van der Waals surface area contributed by atoms with Gasteiger partial charge >= 0.3 is 0 Å². The Hall–Kier alpha value is -3.07. The number of amides is 2. The van der Waals surface area contributed by atoms with Crippen molar-refractivity contribution in [3.05, 3.63) is 35.8 Å². The zero-order valence-electron chi connectivity index (χ0n) is 16.2. The summed E-state index contributed by atoms with van der Waals surface area (Å²) in [6.07, 6.45) is 3.97. The number of nitrogens with zero attached hydrogens (tertiary/aromatic N) is 5. The van der Waals surface area contributed by atoms with Crippen molar-refractivity contribution in [2.24, 2.45) is 0 Å². The van der Waals surface area contributed by atoms with E-state index >= 15 is 0 Å². The number of nitrogens with one attached hydrogen (secondary N) is 1. The molecular weight excluding hydrogens is 360 g/mol. The summed E-state index contributed by atoms with van der Waals surface area (Å²) in [7, 11) is 3.85. The number of aliphatic hydroxyl groups excluding tert-OH is 1. The Bertz CT molecular complexity index is 871. The van der Waals surface area contributed by atoms with E-state index in [1.54, 1.807) is 17.3 Å². The Morgan fingerprint density at radius 3 is 2.61 bits per heavy atom. The molecule has 0 aromatic carbocycles. The third-order valence-electron chi connectivity index (χ3n) is 4.58. The van der Waals surface area contributed by atoms with Gasteiger partial charge in [-0.25, -0.2) is 9.97 Å². The largest absolute Gasteiger partial charge is 0.394 e. The molecule has 1 atom stereocenters. The maximum Gasteiger partial charge on any atom is 0.247 e. The molecule has 9 heteroatoms. The monoisotopic (exact) mass is 384 g/mol. The predicted octanol–water partition coefficient (Wildman–Crippen LogP) is -0.0137. The van der Waals surface area contributed by atoms with E-state index in [9.17, 15) is 14.7 Å². The smallest absolute Gasteiger partial charge is 0.247 e. The standard InChI is InChI=1S/C19H24N6O3/c1-12(27)21-16(11-26)19(28)25-9-6-14-15(10-25)22-17(23-18(14)24(2)3)13-4-7-20-8-5-13/h4-5,7-8,16,26H,6,9-11H2,1-3H3,(H,21,27). The van der Waals surface area contributed by atoms with Crippen LogP contribution in [0.5, 0.6) is 0 Å². The van der Waals surface area contributed by atoms with Crippen LogP contribution in [0, 0.1) is 0 Å². The van der Waals surface area contributed by atoms with Gasteiger partial charge in [0.1, 0.15) is 11.9 Å². The molecule has 28 heavy (non-hydrogen) atoms. The van der Waals surface area contributed by atoms with Crippen LogP contribution in [0.15, 0.2) is 24.5 Å². The number of anilines is 1. The van der Waals surface area contributed by atoms with E-state index in [0.717, 1.165) is 22.6 Å². The summed E-state index contributed by atoms with van der Waals surface area (Å²) >= 11 is 0. The van der Waals surface area contributed by atoms with Crippen LogP contribution < -0.4 is 10.2 Å². The van der Waals surface area contributed by atoms with Crippen molar-refractivity contribution < 1.29 is 14.7 Å². The van der Waals surface area contributed by atoms with Crippen molar-refractivity contribution in [2.45, 2.75) is 25.9 Å². The summed E-state index contributed by atoms with van der Waals surface area (Å²) in [6, 6.07) is 2.73. The Kier molecular flexibility index (Phi) is 5.84. The number of hydrogen-bond acceptors (Lipinski definition) is 7. The fourth-order valence-electron chi connectivity index (χ4n) is 3.25. The minimum atomic E-state index is -0.950. The Morgan fingerprint density at radius 2 is 2.00 bits per heavy atom. The number of carbonyl (C=O) groups is 2. The first kappa shape index (κ1) is 19.7. The van der Waals surface area contributed by atoms with Gasteiger partial charge in [0, 0.05) is 51.1 Å². The highest BCUT2D eigenvalue weighted by Crippen LogP contribution is 2.28. The number of rotatable bonds is 5. The van der Waals surface area contributed by atoms with E-state index < -0.39 is 12.6 Å². The third kappa shape index (κ3) is 4.09. The Balaban J connectivity index is 1.94. The first-order chi connectivity index (χ1) is 13.4. The molecule has 0 saturated heterocycles. The molecule has 2 amide bonds. The van der Waals surface area contributed by atoms with Gasteiger partial charge in [-0.3, -0.25) is 14.6 Å². The summed E-state index contributed by atoms with van der Waals surface area (Å²) in [5.41, 5.74) is 2.62. The zero-order valence-corrected chi connectivity index (χ0v) is 16.2. The summed E-state index contributed by atoms with van der Waals surface area (Å²) in [6.45, 7) is 1.64. The van der Waals surface area contributed by atoms with Gasteiger partial charge in [0.15, 0.2) is 5.82 Å². The second kappa shape index (κ2) is 8.30. The van der Waals surface area contributed by atoms with Crippen LogP contribution in [0.2, 0.25) is 0 Å². The number of aliphatic hydroxyl groups is 1. The predicted molar refractivity (Wildman–Crippen MR) is 103 cm³/mol. The van der Waals surface area contributed by atoms with Crippen molar-refractivity contribution in [3.63, 3.8) is 0 Å². The molecule has 3 rings (SSSR count). The molecule has 148 valence electrons. The molecule has 2 N–H and O–H groups in total. The van der Waals surface area contributed by atoms with Crippen LogP contribution in [0.4, 0.5) is 5.82 Å². The van der Waals surface area contributed by atoms with Crippen LogP contribution in [-0.4, -0.2) is 70.1 Å². The van der Waals surface area contributed by atoms with Crippen molar-refractivity contribution >= 4 is 17.6 Å². The first-order valence-corrected chi connectivity index (χ1v) is 9.05. The van der Waals surface area contributed by atoms with E-state index in [4.69, 9.17) is 9.97 Å². The van der Waals surface area contributed by atoms with Crippen LogP contribution in [0.1, 0.15) is 18.2 Å². The van der Waals surface area contributed by atoms with E-state index in [-0.39, 0.29) is 11.8 Å². The van der Waals surface area contributed by atoms with Crippen LogP contribution in [-0.2, 0) is 22.6 Å². The molecule has 0 saturated carbocycles. The zero-order chi connectivity index (χ0) is 20.3. The highest BCUT2D eigenvalue weighted by molar-refractivity contribution is 5.87. The van der Waals surface area contributed by atoms with E-state index in [1.807, 2.05) is 31.1 Å². The number of hydrogen-bond donors (Lipinski definition) is 2. The van der Waals surface area contributed by atoms with Crippen LogP contribution in [0.3, 0.4) is 0 Å². The molecule has 0 bridgehead atoms. The molecule has 1 aliphatic heterocycles. The molecule has 2 aromatic heterocycles. The lowest BCUT2D eigenvalue weighted by atomic mass is 10.0. The van der Waals surface area contributed by atoms with Crippen molar-refractivity contribution in [1.82, 2.24) is 25.2 Å².